The molecule has 5 heteroatoms. The van der Waals surface area contributed by atoms with E-state index in [4.69, 9.17) is 4.74 Å². The van der Waals surface area contributed by atoms with Crippen LogP contribution in [0.4, 0.5) is 0 Å². The fourth-order valence-corrected chi connectivity index (χ4v) is 3.21. The average molecular weight is 305 g/mol. The Balaban J connectivity index is 1.67. The maximum absolute atomic E-state index is 5.68. The first-order valence-corrected chi connectivity index (χ1v) is 7.15. The monoisotopic (exact) mass is 304 g/mol. The summed E-state index contributed by atoms with van der Waals surface area (Å²) in [5, 5.41) is 5.56. The van der Waals surface area contributed by atoms with Crippen LogP contribution in [0.2, 0.25) is 0 Å². The predicted octanol–water partition coefficient (Wildman–Crippen LogP) is 1.93. The molecule has 0 unspecified atom stereocenters. The standard InChI is InChI=1S/C11H17BrN2OS/c1-14-2-3-15-10(7-14)5-13-6-11-4-9(12)8-16-11/h4,8,10,13H,2-3,5-7H2,1H3/t10-/m1/s1. The van der Waals surface area contributed by atoms with Gasteiger partial charge in [0.05, 0.1) is 12.7 Å². The van der Waals surface area contributed by atoms with Crippen molar-refractivity contribution in [2.75, 3.05) is 33.3 Å². The summed E-state index contributed by atoms with van der Waals surface area (Å²) in [7, 11) is 2.14. The maximum Gasteiger partial charge on any atom is 0.0826 e. The lowest BCUT2D eigenvalue weighted by molar-refractivity contribution is -0.0181. The Kier molecular flexibility index (Phi) is 4.79. The molecule has 0 aliphatic carbocycles. The summed E-state index contributed by atoms with van der Waals surface area (Å²) in [4.78, 5) is 3.67. The molecule has 1 aliphatic rings. The molecule has 0 amide bonds. The molecule has 0 bridgehead atoms. The molecular formula is C11H17BrN2OS. The minimum Gasteiger partial charge on any atom is -0.374 e. The highest BCUT2D eigenvalue weighted by Crippen LogP contribution is 2.19. The Labute approximate surface area is 109 Å². The zero-order chi connectivity index (χ0) is 11.4. The highest BCUT2D eigenvalue weighted by Gasteiger charge is 2.16. The van der Waals surface area contributed by atoms with Gasteiger partial charge in [0.2, 0.25) is 0 Å². The predicted molar refractivity (Wildman–Crippen MR) is 71.0 cm³/mol. The van der Waals surface area contributed by atoms with Crippen molar-refractivity contribution in [3.05, 3.63) is 20.8 Å². The number of hydrogen-bond donors (Lipinski definition) is 1. The SMILES string of the molecule is CN1CCO[C@H](CNCc2cc(Br)cs2)C1. The summed E-state index contributed by atoms with van der Waals surface area (Å²) in [5.41, 5.74) is 0. The van der Waals surface area contributed by atoms with Crippen LogP contribution in [0, 0.1) is 0 Å². The van der Waals surface area contributed by atoms with Gasteiger partial charge in [0.1, 0.15) is 0 Å². The molecule has 0 radical (unpaired) electrons. The summed E-state index contributed by atoms with van der Waals surface area (Å²) < 4.78 is 6.85. The zero-order valence-electron chi connectivity index (χ0n) is 9.41. The van der Waals surface area contributed by atoms with Crippen LogP contribution < -0.4 is 5.32 Å². The molecule has 1 saturated heterocycles. The van der Waals surface area contributed by atoms with Gasteiger partial charge < -0.3 is 15.0 Å². The van der Waals surface area contributed by atoms with Crippen molar-refractivity contribution in [2.45, 2.75) is 12.6 Å². The third-order valence-electron chi connectivity index (χ3n) is 2.63. The lowest BCUT2D eigenvalue weighted by Gasteiger charge is -2.30. The third kappa shape index (κ3) is 3.82. The Bertz CT molecular complexity index is 332. The van der Waals surface area contributed by atoms with Crippen LogP contribution in [0.3, 0.4) is 0 Å². The Hall–Kier alpha value is 0.0600. The molecule has 0 spiro atoms. The number of ether oxygens (including phenoxy) is 1. The minimum atomic E-state index is 0.335. The van der Waals surface area contributed by atoms with E-state index < -0.39 is 0 Å². The first kappa shape index (κ1) is 12.5. The lowest BCUT2D eigenvalue weighted by Crippen LogP contribution is -2.44. The maximum atomic E-state index is 5.68. The van der Waals surface area contributed by atoms with Gasteiger partial charge in [-0.1, -0.05) is 0 Å². The summed E-state index contributed by atoms with van der Waals surface area (Å²) in [6.07, 6.45) is 0.335. The van der Waals surface area contributed by atoms with Crippen molar-refractivity contribution in [1.82, 2.24) is 10.2 Å². The molecule has 2 rings (SSSR count). The van der Waals surface area contributed by atoms with Crippen molar-refractivity contribution >= 4 is 27.3 Å². The Morgan fingerprint density at radius 2 is 2.56 bits per heavy atom. The second kappa shape index (κ2) is 6.12. The van der Waals surface area contributed by atoms with E-state index in [1.165, 1.54) is 9.35 Å². The van der Waals surface area contributed by atoms with Gasteiger partial charge in [0.15, 0.2) is 0 Å². The number of rotatable bonds is 4. The molecule has 16 heavy (non-hydrogen) atoms. The van der Waals surface area contributed by atoms with Crippen molar-refractivity contribution in [3.8, 4) is 0 Å². The average Bonchev–Trinajstić information content (AvgIpc) is 2.64. The highest BCUT2D eigenvalue weighted by atomic mass is 79.9. The molecule has 0 aromatic carbocycles. The Morgan fingerprint density at radius 3 is 3.25 bits per heavy atom. The van der Waals surface area contributed by atoms with E-state index in [9.17, 15) is 0 Å². The number of halogens is 1. The molecule has 1 N–H and O–H groups in total. The number of thiophene rings is 1. The number of nitrogens with one attached hydrogen (secondary N) is 1. The summed E-state index contributed by atoms with van der Waals surface area (Å²) >= 11 is 5.24. The molecule has 1 fully saturated rings. The van der Waals surface area contributed by atoms with Crippen LogP contribution in [0.5, 0.6) is 0 Å². The van der Waals surface area contributed by atoms with E-state index in [1.54, 1.807) is 11.3 Å². The third-order valence-corrected chi connectivity index (χ3v) is 4.33. The van der Waals surface area contributed by atoms with Gasteiger partial charge in [-0.05, 0) is 29.0 Å². The summed E-state index contributed by atoms with van der Waals surface area (Å²) in [6, 6.07) is 2.16. The summed E-state index contributed by atoms with van der Waals surface area (Å²) in [5.74, 6) is 0. The van der Waals surface area contributed by atoms with Gasteiger partial charge in [-0.2, -0.15) is 0 Å². The largest absolute Gasteiger partial charge is 0.374 e. The molecule has 1 aromatic heterocycles. The van der Waals surface area contributed by atoms with Crippen LogP contribution in [-0.2, 0) is 11.3 Å². The summed E-state index contributed by atoms with van der Waals surface area (Å²) in [6.45, 7) is 4.79. The normalized spacial score (nSPS) is 22.5. The second-order valence-electron chi connectivity index (χ2n) is 4.12. The van der Waals surface area contributed by atoms with Gasteiger partial charge in [0.25, 0.3) is 0 Å². The van der Waals surface area contributed by atoms with Gasteiger partial charge >= 0.3 is 0 Å². The van der Waals surface area contributed by atoms with Crippen LogP contribution in [-0.4, -0.2) is 44.3 Å². The van der Waals surface area contributed by atoms with Gasteiger partial charge in [-0.3, -0.25) is 0 Å². The first-order chi connectivity index (χ1) is 7.74. The zero-order valence-corrected chi connectivity index (χ0v) is 11.8. The van der Waals surface area contributed by atoms with Crippen LogP contribution >= 0.6 is 27.3 Å². The number of hydrogen-bond acceptors (Lipinski definition) is 4. The van der Waals surface area contributed by atoms with E-state index in [0.29, 0.717) is 6.10 Å². The van der Waals surface area contributed by atoms with Crippen LogP contribution in [0.15, 0.2) is 15.9 Å². The van der Waals surface area contributed by atoms with Gasteiger partial charge in [-0.15, -0.1) is 11.3 Å². The molecule has 90 valence electrons. The van der Waals surface area contributed by atoms with Gasteiger partial charge in [-0.25, -0.2) is 0 Å². The van der Waals surface area contributed by atoms with Crippen molar-refractivity contribution < 1.29 is 4.74 Å². The van der Waals surface area contributed by atoms with Crippen molar-refractivity contribution in [3.63, 3.8) is 0 Å². The number of morpholine rings is 1. The van der Waals surface area contributed by atoms with E-state index in [-0.39, 0.29) is 0 Å². The minimum absolute atomic E-state index is 0.335. The topological polar surface area (TPSA) is 24.5 Å². The van der Waals surface area contributed by atoms with E-state index >= 15 is 0 Å². The smallest absolute Gasteiger partial charge is 0.0826 e. The molecule has 2 heterocycles. The molecule has 0 saturated carbocycles. The molecule has 1 aliphatic heterocycles. The van der Waals surface area contributed by atoms with Crippen molar-refractivity contribution in [1.29, 1.82) is 0 Å². The van der Waals surface area contributed by atoms with Crippen molar-refractivity contribution in [2.24, 2.45) is 0 Å². The molecular weight excluding hydrogens is 288 g/mol. The number of nitrogens with zero attached hydrogens (tertiary/aromatic N) is 1. The molecule has 3 nitrogen and oxygen atoms in total. The first-order valence-electron chi connectivity index (χ1n) is 5.48. The molecule has 1 atom stereocenters. The van der Waals surface area contributed by atoms with E-state index in [0.717, 1.165) is 32.8 Å². The van der Waals surface area contributed by atoms with Crippen LogP contribution in [0.25, 0.3) is 0 Å². The number of likely N-dealkylation sites (N-methyl/N-ethyl adjacent to an activating group) is 1. The fraction of sp³-hybridized carbons (Fsp3) is 0.636. The second-order valence-corrected chi connectivity index (χ2v) is 6.03. The van der Waals surface area contributed by atoms with Crippen LogP contribution in [0.1, 0.15) is 4.88 Å². The van der Waals surface area contributed by atoms with Gasteiger partial charge in [0, 0.05) is 40.9 Å². The highest BCUT2D eigenvalue weighted by molar-refractivity contribution is 9.10. The van der Waals surface area contributed by atoms with E-state index in [2.05, 4.69) is 44.6 Å². The van der Waals surface area contributed by atoms with E-state index in [1.807, 2.05) is 0 Å². The lowest BCUT2D eigenvalue weighted by atomic mass is 10.3. The fourth-order valence-electron chi connectivity index (χ4n) is 1.79. The quantitative estimate of drug-likeness (QED) is 0.920. The molecule has 1 aromatic rings. The Morgan fingerprint density at radius 1 is 1.69 bits per heavy atom.